The number of aromatic nitrogens is 2. The van der Waals surface area contributed by atoms with Crippen molar-refractivity contribution in [2.45, 2.75) is 32.7 Å². The SMILES string of the molecule is CCOC(=O)[C@@H]1CCCN1c1nnc(-c2ccccc2)cc1C. The highest BCUT2D eigenvalue weighted by atomic mass is 16.5. The first-order valence-corrected chi connectivity index (χ1v) is 8.03. The maximum Gasteiger partial charge on any atom is 0.328 e. The molecule has 1 aliphatic heterocycles. The van der Waals surface area contributed by atoms with E-state index < -0.39 is 0 Å². The molecule has 0 amide bonds. The van der Waals surface area contributed by atoms with E-state index in [1.165, 1.54) is 0 Å². The van der Waals surface area contributed by atoms with Crippen LogP contribution in [0.25, 0.3) is 11.3 Å². The molecule has 1 aliphatic rings. The summed E-state index contributed by atoms with van der Waals surface area (Å²) in [6.45, 7) is 5.05. The molecule has 0 aliphatic carbocycles. The molecule has 1 aromatic heterocycles. The van der Waals surface area contributed by atoms with E-state index in [1.54, 1.807) is 0 Å². The molecule has 1 fully saturated rings. The van der Waals surface area contributed by atoms with Gasteiger partial charge in [-0.1, -0.05) is 30.3 Å². The number of carbonyl (C=O) groups is 1. The molecule has 3 rings (SSSR count). The number of carbonyl (C=O) groups excluding carboxylic acids is 1. The Bertz CT molecular complexity index is 688. The number of rotatable bonds is 4. The Morgan fingerprint density at radius 2 is 2.09 bits per heavy atom. The fourth-order valence-corrected chi connectivity index (χ4v) is 3.02. The average molecular weight is 311 g/mol. The molecule has 0 bridgehead atoms. The van der Waals surface area contributed by atoms with Crippen LogP contribution in [0.1, 0.15) is 25.3 Å². The van der Waals surface area contributed by atoms with Gasteiger partial charge >= 0.3 is 5.97 Å². The van der Waals surface area contributed by atoms with Crippen molar-refractivity contribution in [1.29, 1.82) is 0 Å². The molecule has 23 heavy (non-hydrogen) atoms. The van der Waals surface area contributed by atoms with Crippen molar-refractivity contribution < 1.29 is 9.53 Å². The van der Waals surface area contributed by atoms with Gasteiger partial charge in [0.05, 0.1) is 12.3 Å². The molecule has 0 spiro atoms. The number of benzene rings is 1. The zero-order valence-electron chi connectivity index (χ0n) is 13.5. The minimum atomic E-state index is -0.245. The second-order valence-electron chi connectivity index (χ2n) is 5.71. The lowest BCUT2D eigenvalue weighted by molar-refractivity contribution is -0.144. The standard InChI is InChI=1S/C18H21N3O2/c1-3-23-18(22)16-10-7-11-21(16)17-13(2)12-15(19-20-17)14-8-5-4-6-9-14/h4-6,8-9,12,16H,3,7,10-11H2,1-2H3/t16-/m0/s1. The topological polar surface area (TPSA) is 55.3 Å². The van der Waals surface area contributed by atoms with Gasteiger partial charge in [-0.2, -0.15) is 0 Å². The number of ether oxygens (including phenoxy) is 1. The van der Waals surface area contributed by atoms with E-state index in [-0.39, 0.29) is 12.0 Å². The zero-order chi connectivity index (χ0) is 16.2. The Hall–Kier alpha value is -2.43. The molecule has 0 radical (unpaired) electrons. The summed E-state index contributed by atoms with van der Waals surface area (Å²) in [4.78, 5) is 14.1. The lowest BCUT2D eigenvalue weighted by atomic mass is 10.1. The van der Waals surface area contributed by atoms with Gasteiger partial charge in [-0.15, -0.1) is 10.2 Å². The fraction of sp³-hybridized carbons (Fsp3) is 0.389. The van der Waals surface area contributed by atoms with Crippen LogP contribution in [0.15, 0.2) is 36.4 Å². The van der Waals surface area contributed by atoms with Gasteiger partial charge < -0.3 is 9.64 Å². The van der Waals surface area contributed by atoms with Gasteiger partial charge in [-0.05, 0) is 38.3 Å². The number of anilines is 1. The van der Waals surface area contributed by atoms with Crippen LogP contribution in [0.4, 0.5) is 5.82 Å². The third-order valence-electron chi connectivity index (χ3n) is 4.11. The molecule has 0 N–H and O–H groups in total. The molecular weight excluding hydrogens is 290 g/mol. The number of hydrogen-bond donors (Lipinski definition) is 0. The highest BCUT2D eigenvalue weighted by Gasteiger charge is 2.33. The first-order chi connectivity index (χ1) is 11.2. The second-order valence-corrected chi connectivity index (χ2v) is 5.71. The molecule has 120 valence electrons. The Labute approximate surface area is 136 Å². The smallest absolute Gasteiger partial charge is 0.328 e. The Morgan fingerprint density at radius 1 is 1.30 bits per heavy atom. The number of esters is 1. The molecular formula is C18H21N3O2. The van der Waals surface area contributed by atoms with Gasteiger partial charge in [0.2, 0.25) is 0 Å². The molecule has 2 aromatic rings. The van der Waals surface area contributed by atoms with E-state index in [0.29, 0.717) is 6.61 Å². The summed E-state index contributed by atoms with van der Waals surface area (Å²) in [5, 5.41) is 8.75. The quantitative estimate of drug-likeness (QED) is 0.813. The lowest BCUT2D eigenvalue weighted by Crippen LogP contribution is -2.38. The average Bonchev–Trinajstić information content (AvgIpc) is 3.05. The molecule has 0 unspecified atom stereocenters. The Balaban J connectivity index is 1.87. The van der Waals surface area contributed by atoms with Crippen molar-refractivity contribution in [3.05, 3.63) is 42.0 Å². The van der Waals surface area contributed by atoms with Crippen LogP contribution in [0, 0.1) is 6.92 Å². The minimum Gasteiger partial charge on any atom is -0.464 e. The van der Waals surface area contributed by atoms with E-state index >= 15 is 0 Å². The van der Waals surface area contributed by atoms with Gasteiger partial charge in [0.1, 0.15) is 6.04 Å². The maximum absolute atomic E-state index is 12.1. The Morgan fingerprint density at radius 3 is 2.78 bits per heavy atom. The summed E-state index contributed by atoms with van der Waals surface area (Å²) in [5.41, 5.74) is 2.91. The van der Waals surface area contributed by atoms with Gasteiger partial charge in [0, 0.05) is 12.1 Å². The van der Waals surface area contributed by atoms with Gasteiger partial charge in [-0.3, -0.25) is 0 Å². The molecule has 2 heterocycles. The molecule has 1 saturated heterocycles. The summed E-state index contributed by atoms with van der Waals surface area (Å²) >= 11 is 0. The van der Waals surface area contributed by atoms with Crippen molar-refractivity contribution in [2.24, 2.45) is 0 Å². The highest BCUT2D eigenvalue weighted by molar-refractivity contribution is 5.80. The fourth-order valence-electron chi connectivity index (χ4n) is 3.02. The van der Waals surface area contributed by atoms with Crippen LogP contribution in [-0.2, 0) is 9.53 Å². The third-order valence-corrected chi connectivity index (χ3v) is 4.11. The van der Waals surface area contributed by atoms with Crippen molar-refractivity contribution in [3.63, 3.8) is 0 Å². The summed E-state index contributed by atoms with van der Waals surface area (Å²) in [5.74, 6) is 0.610. The molecule has 5 heteroatoms. The largest absolute Gasteiger partial charge is 0.464 e. The van der Waals surface area contributed by atoms with Crippen molar-refractivity contribution in [1.82, 2.24) is 10.2 Å². The van der Waals surface area contributed by atoms with Crippen molar-refractivity contribution in [3.8, 4) is 11.3 Å². The predicted molar refractivity (Wildman–Crippen MR) is 89.2 cm³/mol. The number of aryl methyl sites for hydroxylation is 1. The van der Waals surface area contributed by atoms with Crippen LogP contribution >= 0.6 is 0 Å². The van der Waals surface area contributed by atoms with E-state index in [9.17, 15) is 4.79 Å². The first-order valence-electron chi connectivity index (χ1n) is 8.03. The van der Waals surface area contributed by atoms with Crippen LogP contribution in [0.3, 0.4) is 0 Å². The van der Waals surface area contributed by atoms with Gasteiger partial charge in [-0.25, -0.2) is 4.79 Å². The van der Waals surface area contributed by atoms with Crippen LogP contribution in [-0.4, -0.2) is 35.4 Å². The maximum atomic E-state index is 12.1. The van der Waals surface area contributed by atoms with Crippen LogP contribution in [0.5, 0.6) is 0 Å². The van der Waals surface area contributed by atoms with Crippen LogP contribution < -0.4 is 4.90 Å². The summed E-state index contributed by atoms with van der Waals surface area (Å²) in [7, 11) is 0. The summed E-state index contributed by atoms with van der Waals surface area (Å²) in [6.07, 6.45) is 1.77. The molecule has 1 aromatic carbocycles. The van der Waals surface area contributed by atoms with Gasteiger partial charge in [0.25, 0.3) is 0 Å². The van der Waals surface area contributed by atoms with E-state index in [0.717, 1.165) is 42.0 Å². The Kier molecular flexibility index (Phi) is 4.55. The highest BCUT2D eigenvalue weighted by Crippen LogP contribution is 2.28. The van der Waals surface area contributed by atoms with E-state index in [4.69, 9.17) is 4.74 Å². The predicted octanol–water partition coefficient (Wildman–Crippen LogP) is 2.98. The minimum absolute atomic E-state index is 0.168. The monoisotopic (exact) mass is 311 g/mol. The second kappa shape index (κ2) is 6.77. The summed E-state index contributed by atoms with van der Waals surface area (Å²) in [6, 6.07) is 11.8. The van der Waals surface area contributed by atoms with Gasteiger partial charge in [0.15, 0.2) is 5.82 Å². The van der Waals surface area contributed by atoms with Crippen molar-refractivity contribution >= 4 is 11.8 Å². The molecule has 0 saturated carbocycles. The van der Waals surface area contributed by atoms with E-state index in [2.05, 4.69) is 10.2 Å². The van der Waals surface area contributed by atoms with E-state index in [1.807, 2.05) is 55.1 Å². The lowest BCUT2D eigenvalue weighted by Gasteiger charge is -2.25. The summed E-state index contributed by atoms with van der Waals surface area (Å²) < 4.78 is 5.18. The number of nitrogens with zero attached hydrogens (tertiary/aromatic N) is 3. The zero-order valence-corrected chi connectivity index (χ0v) is 13.5. The molecule has 1 atom stereocenters. The normalized spacial score (nSPS) is 17.3. The molecule has 5 nitrogen and oxygen atoms in total. The number of hydrogen-bond acceptors (Lipinski definition) is 5. The van der Waals surface area contributed by atoms with Crippen LogP contribution in [0.2, 0.25) is 0 Å². The third kappa shape index (κ3) is 3.18. The van der Waals surface area contributed by atoms with Crippen molar-refractivity contribution in [2.75, 3.05) is 18.1 Å². The first kappa shape index (κ1) is 15.5.